The normalized spacial score (nSPS) is 19.8. The quantitative estimate of drug-likeness (QED) is 0.495. The van der Waals surface area contributed by atoms with Crippen LogP contribution in [0, 0.1) is 5.92 Å². The van der Waals surface area contributed by atoms with Crippen molar-refractivity contribution in [2.45, 2.75) is 50.0 Å². The van der Waals surface area contributed by atoms with Gasteiger partial charge in [0.25, 0.3) is 0 Å². The molecule has 9 nitrogen and oxygen atoms in total. The maximum atomic E-state index is 13.0. The van der Waals surface area contributed by atoms with E-state index < -0.39 is 10.0 Å². The van der Waals surface area contributed by atoms with Crippen molar-refractivity contribution in [1.82, 2.24) is 19.3 Å². The molecule has 3 heterocycles. The van der Waals surface area contributed by atoms with Gasteiger partial charge in [-0.1, -0.05) is 48.3 Å². The summed E-state index contributed by atoms with van der Waals surface area (Å²) in [5.74, 6) is 0.846. The van der Waals surface area contributed by atoms with Crippen molar-refractivity contribution in [3.8, 4) is 11.4 Å². The van der Waals surface area contributed by atoms with Gasteiger partial charge in [-0.15, -0.1) is 0 Å². The third-order valence-corrected chi connectivity index (χ3v) is 8.97. The fourth-order valence-electron chi connectivity index (χ4n) is 5.01. The van der Waals surface area contributed by atoms with E-state index in [4.69, 9.17) is 4.52 Å². The molecule has 0 bridgehead atoms. The molecule has 5 rings (SSSR count). The minimum Gasteiger partial charge on any atom is -0.338 e. The fraction of sp³-hybridized carbons (Fsp3) is 0.444. The molecule has 0 aliphatic carbocycles. The van der Waals surface area contributed by atoms with E-state index in [2.05, 4.69) is 20.4 Å². The van der Waals surface area contributed by atoms with Gasteiger partial charge < -0.3 is 9.84 Å². The van der Waals surface area contributed by atoms with Crippen molar-refractivity contribution in [3.63, 3.8) is 0 Å². The average Bonchev–Trinajstić information content (AvgIpc) is 3.20. The van der Waals surface area contributed by atoms with Crippen molar-refractivity contribution in [2.75, 3.05) is 31.5 Å². The average molecular weight is 524 g/mol. The number of amides is 1. The Morgan fingerprint density at radius 2 is 1.68 bits per heavy atom. The van der Waals surface area contributed by atoms with Crippen LogP contribution in [0.4, 0.5) is 5.69 Å². The Balaban J connectivity index is 1.17. The number of benzene rings is 2. The lowest BCUT2D eigenvalue weighted by molar-refractivity contribution is -0.121. The van der Waals surface area contributed by atoms with Gasteiger partial charge in [0.1, 0.15) is 0 Å². The summed E-state index contributed by atoms with van der Waals surface area (Å²) in [6.07, 6.45) is 5.62. The molecule has 196 valence electrons. The number of aromatic nitrogens is 2. The molecule has 3 aromatic rings. The van der Waals surface area contributed by atoms with Gasteiger partial charge in [-0.05, 0) is 56.5 Å². The predicted octanol–water partition coefficient (Wildman–Crippen LogP) is 4.15. The molecular weight excluding hydrogens is 490 g/mol. The highest BCUT2D eigenvalue weighted by Crippen LogP contribution is 2.24. The van der Waals surface area contributed by atoms with E-state index >= 15 is 0 Å². The van der Waals surface area contributed by atoms with E-state index in [-0.39, 0.29) is 16.7 Å². The van der Waals surface area contributed by atoms with Gasteiger partial charge in [0.15, 0.2) is 0 Å². The first-order valence-corrected chi connectivity index (χ1v) is 14.4. The Kier molecular flexibility index (Phi) is 7.97. The molecule has 0 spiro atoms. The highest BCUT2D eigenvalue weighted by molar-refractivity contribution is 7.89. The Hall–Kier alpha value is -3.08. The minimum absolute atomic E-state index is 0.0664. The zero-order valence-corrected chi connectivity index (χ0v) is 21.7. The second-order valence-corrected chi connectivity index (χ2v) is 11.7. The van der Waals surface area contributed by atoms with Crippen LogP contribution in [-0.4, -0.2) is 59.8 Å². The highest BCUT2D eigenvalue weighted by atomic mass is 32.2. The van der Waals surface area contributed by atoms with Crippen LogP contribution in [0.5, 0.6) is 0 Å². The van der Waals surface area contributed by atoms with Gasteiger partial charge in [0, 0.05) is 30.9 Å². The van der Waals surface area contributed by atoms with Crippen LogP contribution in [0.15, 0.2) is 64.0 Å². The number of rotatable bonds is 7. The summed E-state index contributed by atoms with van der Waals surface area (Å²) in [6, 6.07) is 16.2. The summed E-state index contributed by atoms with van der Waals surface area (Å²) < 4.78 is 33.0. The maximum absolute atomic E-state index is 13.0. The second-order valence-electron chi connectivity index (χ2n) is 9.78. The van der Waals surface area contributed by atoms with Crippen molar-refractivity contribution in [3.05, 3.63) is 60.5 Å². The second kappa shape index (κ2) is 11.5. The van der Waals surface area contributed by atoms with E-state index in [1.165, 1.54) is 0 Å². The van der Waals surface area contributed by atoms with Crippen LogP contribution in [0.3, 0.4) is 0 Å². The van der Waals surface area contributed by atoms with E-state index in [0.29, 0.717) is 43.6 Å². The number of carbonyl (C=O) groups is 1. The molecule has 2 saturated heterocycles. The zero-order valence-electron chi connectivity index (χ0n) is 20.9. The van der Waals surface area contributed by atoms with Crippen molar-refractivity contribution >= 4 is 21.6 Å². The molecule has 1 amide bonds. The topological polar surface area (TPSA) is 109 Å². The number of nitrogens with one attached hydrogen (secondary N) is 1. The van der Waals surface area contributed by atoms with Gasteiger partial charge >= 0.3 is 0 Å². The number of hydrogen-bond donors (Lipinski definition) is 1. The monoisotopic (exact) mass is 523 g/mol. The lowest BCUT2D eigenvalue weighted by Gasteiger charge is -2.30. The van der Waals surface area contributed by atoms with Crippen LogP contribution in [0.2, 0.25) is 0 Å². The van der Waals surface area contributed by atoms with Crippen molar-refractivity contribution in [2.24, 2.45) is 5.92 Å². The molecule has 2 aliphatic heterocycles. The SMILES string of the molecule is O=C(Nc1ccc(S(=O)(=O)N2CCCCCC2)cc1)C1CCCN(Cc2nc(-c3ccccc3)no2)C1. The van der Waals surface area contributed by atoms with Crippen LogP contribution in [0.1, 0.15) is 44.4 Å². The lowest BCUT2D eigenvalue weighted by Crippen LogP contribution is -2.40. The number of piperidine rings is 1. The first-order chi connectivity index (χ1) is 18.0. The lowest BCUT2D eigenvalue weighted by atomic mass is 9.97. The molecule has 1 aromatic heterocycles. The number of carbonyl (C=O) groups excluding carboxylic acids is 1. The molecule has 37 heavy (non-hydrogen) atoms. The van der Waals surface area contributed by atoms with Gasteiger partial charge in [-0.2, -0.15) is 9.29 Å². The maximum Gasteiger partial charge on any atom is 0.243 e. The Bertz CT molecular complexity index is 1290. The summed E-state index contributed by atoms with van der Waals surface area (Å²) in [5, 5.41) is 7.05. The molecule has 2 aromatic carbocycles. The van der Waals surface area contributed by atoms with Gasteiger partial charge in [-0.25, -0.2) is 8.42 Å². The summed E-state index contributed by atoms with van der Waals surface area (Å²) in [4.78, 5) is 19.9. The van der Waals surface area contributed by atoms with E-state index in [9.17, 15) is 13.2 Å². The third kappa shape index (κ3) is 6.26. The number of sulfonamides is 1. The summed E-state index contributed by atoms with van der Waals surface area (Å²) in [7, 11) is -3.51. The Morgan fingerprint density at radius 1 is 0.946 bits per heavy atom. The van der Waals surface area contributed by atoms with Gasteiger partial charge in [0.05, 0.1) is 17.4 Å². The summed E-state index contributed by atoms with van der Waals surface area (Å²) in [6.45, 7) is 3.07. The van der Waals surface area contributed by atoms with E-state index in [1.54, 1.807) is 28.6 Å². The highest BCUT2D eigenvalue weighted by Gasteiger charge is 2.28. The molecular formula is C27H33N5O4S. The van der Waals surface area contributed by atoms with Crippen LogP contribution >= 0.6 is 0 Å². The number of hydrogen-bond acceptors (Lipinski definition) is 7. The summed E-state index contributed by atoms with van der Waals surface area (Å²) in [5.41, 5.74) is 1.50. The fourth-order valence-corrected chi connectivity index (χ4v) is 6.53. The Labute approximate surface area is 217 Å². The molecule has 1 unspecified atom stereocenters. The molecule has 1 atom stereocenters. The molecule has 2 aliphatic rings. The largest absolute Gasteiger partial charge is 0.338 e. The smallest absolute Gasteiger partial charge is 0.243 e. The number of nitrogens with zero attached hydrogens (tertiary/aromatic N) is 4. The van der Waals surface area contributed by atoms with Gasteiger partial charge in [0.2, 0.25) is 27.6 Å². The molecule has 1 N–H and O–H groups in total. The minimum atomic E-state index is -3.51. The number of anilines is 1. The zero-order chi connectivity index (χ0) is 25.7. The summed E-state index contributed by atoms with van der Waals surface area (Å²) >= 11 is 0. The van der Waals surface area contributed by atoms with Crippen molar-refractivity contribution < 1.29 is 17.7 Å². The molecule has 0 radical (unpaired) electrons. The molecule has 10 heteroatoms. The van der Waals surface area contributed by atoms with Gasteiger partial charge in [-0.3, -0.25) is 9.69 Å². The van der Waals surface area contributed by atoms with Crippen LogP contribution in [0.25, 0.3) is 11.4 Å². The van der Waals surface area contributed by atoms with E-state index in [1.807, 2.05) is 30.3 Å². The first kappa shape index (κ1) is 25.6. The third-order valence-electron chi connectivity index (χ3n) is 7.06. The first-order valence-electron chi connectivity index (χ1n) is 13.0. The molecule has 0 saturated carbocycles. The standard InChI is InChI=1S/C27H33N5O4S/c33-27(28-23-12-14-24(15-13-23)37(34,35)32-17-6-1-2-7-18-32)22-11-8-16-31(19-22)20-25-29-26(30-36-25)21-9-4-3-5-10-21/h3-5,9-10,12-15,22H,1-2,6-8,11,16-20H2,(H,28,33). The Morgan fingerprint density at radius 3 is 2.41 bits per heavy atom. The predicted molar refractivity (Wildman–Crippen MR) is 140 cm³/mol. The number of likely N-dealkylation sites (tertiary alicyclic amines) is 1. The molecule has 2 fully saturated rings. The van der Waals surface area contributed by atoms with Crippen LogP contribution < -0.4 is 5.32 Å². The van der Waals surface area contributed by atoms with Crippen LogP contribution in [-0.2, 0) is 21.4 Å². The van der Waals surface area contributed by atoms with Crippen molar-refractivity contribution in [1.29, 1.82) is 0 Å². The van der Waals surface area contributed by atoms with E-state index in [0.717, 1.165) is 50.6 Å².